The third-order valence-electron chi connectivity index (χ3n) is 3.84. The lowest BCUT2D eigenvalue weighted by atomic mass is 10.1. The number of ether oxygens (including phenoxy) is 1. The predicted molar refractivity (Wildman–Crippen MR) is 92.2 cm³/mol. The normalized spacial score (nSPS) is 11.0. The number of aliphatic hydroxyl groups excluding tert-OH is 1. The van der Waals surface area contributed by atoms with Gasteiger partial charge < -0.3 is 9.84 Å². The minimum Gasteiger partial charge on any atom is -0.493 e. The first-order chi connectivity index (χ1) is 11.6. The van der Waals surface area contributed by atoms with Gasteiger partial charge >= 0.3 is 0 Å². The van der Waals surface area contributed by atoms with Crippen LogP contribution in [0.4, 0.5) is 0 Å². The molecule has 0 atom stereocenters. The molecular formula is C18H22N4O2. The number of aromatic nitrogens is 4. The molecule has 6 nitrogen and oxygen atoms in total. The van der Waals surface area contributed by atoms with Crippen molar-refractivity contribution in [3.63, 3.8) is 0 Å². The van der Waals surface area contributed by atoms with Gasteiger partial charge in [0.05, 0.1) is 24.6 Å². The van der Waals surface area contributed by atoms with E-state index < -0.39 is 0 Å². The molecule has 2 heterocycles. The summed E-state index contributed by atoms with van der Waals surface area (Å²) in [5.74, 6) is 1.53. The quantitative estimate of drug-likeness (QED) is 0.756. The predicted octanol–water partition coefficient (Wildman–Crippen LogP) is 2.86. The Morgan fingerprint density at radius 2 is 2.12 bits per heavy atom. The number of nitrogens with zero attached hydrogens (tertiary/aromatic N) is 4. The van der Waals surface area contributed by atoms with Gasteiger partial charge in [0.15, 0.2) is 0 Å². The SMILES string of the molecule is CCCOc1ccc(-c2nccn2-c2cn(C)nc2C)cc1CO. The highest BCUT2D eigenvalue weighted by Gasteiger charge is 2.14. The van der Waals surface area contributed by atoms with E-state index in [1.54, 1.807) is 10.9 Å². The zero-order valence-electron chi connectivity index (χ0n) is 14.2. The Labute approximate surface area is 141 Å². The lowest BCUT2D eigenvalue weighted by molar-refractivity contribution is 0.263. The van der Waals surface area contributed by atoms with Crippen LogP contribution in [-0.4, -0.2) is 31.0 Å². The van der Waals surface area contributed by atoms with Gasteiger partial charge in [-0.15, -0.1) is 0 Å². The van der Waals surface area contributed by atoms with E-state index >= 15 is 0 Å². The largest absolute Gasteiger partial charge is 0.493 e. The van der Waals surface area contributed by atoms with Crippen LogP contribution in [0.2, 0.25) is 0 Å². The molecular weight excluding hydrogens is 304 g/mol. The number of aryl methyl sites for hydroxylation is 2. The van der Waals surface area contributed by atoms with Crippen LogP contribution in [0.15, 0.2) is 36.8 Å². The maximum absolute atomic E-state index is 9.65. The number of hydrogen-bond acceptors (Lipinski definition) is 4. The van der Waals surface area contributed by atoms with Gasteiger partial charge in [0.25, 0.3) is 0 Å². The Bertz CT molecular complexity index is 835. The Morgan fingerprint density at radius 3 is 2.79 bits per heavy atom. The lowest BCUT2D eigenvalue weighted by Crippen LogP contribution is -2.01. The van der Waals surface area contributed by atoms with Crippen molar-refractivity contribution in [1.82, 2.24) is 19.3 Å². The smallest absolute Gasteiger partial charge is 0.144 e. The number of imidazole rings is 1. The van der Waals surface area contributed by atoms with Crippen molar-refractivity contribution in [2.75, 3.05) is 6.61 Å². The fourth-order valence-electron chi connectivity index (χ4n) is 2.73. The van der Waals surface area contributed by atoms with Gasteiger partial charge in [-0.1, -0.05) is 6.92 Å². The average Bonchev–Trinajstić information content (AvgIpc) is 3.18. The van der Waals surface area contributed by atoms with E-state index in [2.05, 4.69) is 17.0 Å². The van der Waals surface area contributed by atoms with E-state index in [0.717, 1.165) is 40.5 Å². The van der Waals surface area contributed by atoms with Gasteiger partial charge in [-0.25, -0.2) is 4.98 Å². The summed E-state index contributed by atoms with van der Waals surface area (Å²) < 4.78 is 9.48. The molecule has 126 valence electrons. The zero-order valence-corrected chi connectivity index (χ0v) is 14.2. The molecule has 3 aromatic rings. The van der Waals surface area contributed by atoms with Gasteiger partial charge in [-0.3, -0.25) is 9.25 Å². The van der Waals surface area contributed by atoms with Crippen LogP contribution >= 0.6 is 0 Å². The summed E-state index contributed by atoms with van der Waals surface area (Å²) in [6.45, 7) is 4.59. The van der Waals surface area contributed by atoms with Gasteiger partial charge in [0, 0.05) is 36.8 Å². The molecule has 0 saturated carbocycles. The number of aliphatic hydroxyl groups is 1. The summed E-state index contributed by atoms with van der Waals surface area (Å²) in [4.78, 5) is 4.48. The van der Waals surface area contributed by atoms with E-state index in [9.17, 15) is 5.11 Å². The van der Waals surface area contributed by atoms with Gasteiger partial charge in [0.1, 0.15) is 11.6 Å². The molecule has 1 aromatic carbocycles. The molecule has 0 amide bonds. The second-order valence-electron chi connectivity index (χ2n) is 5.72. The van der Waals surface area contributed by atoms with E-state index in [0.29, 0.717) is 6.61 Å². The molecule has 2 aromatic heterocycles. The van der Waals surface area contributed by atoms with Crippen LogP contribution in [0.5, 0.6) is 5.75 Å². The van der Waals surface area contributed by atoms with E-state index in [4.69, 9.17) is 4.74 Å². The van der Waals surface area contributed by atoms with Crippen molar-refractivity contribution >= 4 is 0 Å². The van der Waals surface area contributed by atoms with Crippen LogP contribution < -0.4 is 4.74 Å². The topological polar surface area (TPSA) is 65.1 Å². The van der Waals surface area contributed by atoms with Crippen LogP contribution in [0.25, 0.3) is 17.1 Å². The first-order valence-electron chi connectivity index (χ1n) is 8.05. The van der Waals surface area contributed by atoms with Crippen LogP contribution in [0, 0.1) is 6.92 Å². The minimum absolute atomic E-state index is 0.0699. The molecule has 0 unspecified atom stereocenters. The summed E-state index contributed by atoms with van der Waals surface area (Å²) in [5.41, 5.74) is 3.61. The molecule has 0 fully saturated rings. The van der Waals surface area contributed by atoms with Crippen LogP contribution in [0.3, 0.4) is 0 Å². The van der Waals surface area contributed by atoms with Crippen molar-refractivity contribution in [2.24, 2.45) is 7.05 Å². The van der Waals surface area contributed by atoms with Crippen LogP contribution in [0.1, 0.15) is 24.6 Å². The van der Waals surface area contributed by atoms with Gasteiger partial charge in [-0.05, 0) is 31.5 Å². The second-order valence-corrected chi connectivity index (χ2v) is 5.72. The highest BCUT2D eigenvalue weighted by Crippen LogP contribution is 2.28. The molecule has 0 saturated heterocycles. The summed E-state index contributed by atoms with van der Waals surface area (Å²) in [5, 5.41) is 14.0. The molecule has 24 heavy (non-hydrogen) atoms. The summed E-state index contributed by atoms with van der Waals surface area (Å²) >= 11 is 0. The maximum atomic E-state index is 9.65. The first kappa shape index (κ1) is 16.3. The highest BCUT2D eigenvalue weighted by molar-refractivity contribution is 5.62. The zero-order chi connectivity index (χ0) is 17.1. The van der Waals surface area contributed by atoms with Crippen molar-refractivity contribution < 1.29 is 9.84 Å². The Balaban J connectivity index is 2.01. The molecule has 0 spiro atoms. The van der Waals surface area contributed by atoms with Crippen molar-refractivity contribution in [3.8, 4) is 22.8 Å². The second kappa shape index (κ2) is 6.88. The standard InChI is InChI=1S/C18H22N4O2/c1-4-9-24-17-6-5-14(10-15(17)12-23)18-19-7-8-22(18)16-11-21(3)20-13(16)2/h5-8,10-11,23H,4,9,12H2,1-3H3. The Kier molecular flexibility index (Phi) is 4.66. The summed E-state index contributed by atoms with van der Waals surface area (Å²) in [6.07, 6.45) is 6.57. The van der Waals surface area contributed by atoms with Crippen molar-refractivity contribution in [3.05, 3.63) is 48.0 Å². The number of hydrogen-bond donors (Lipinski definition) is 1. The molecule has 1 N–H and O–H groups in total. The summed E-state index contributed by atoms with van der Waals surface area (Å²) in [7, 11) is 1.90. The summed E-state index contributed by atoms with van der Waals surface area (Å²) in [6, 6.07) is 5.79. The van der Waals surface area contributed by atoms with Crippen molar-refractivity contribution in [1.29, 1.82) is 0 Å². The Morgan fingerprint density at radius 1 is 1.29 bits per heavy atom. The third-order valence-corrected chi connectivity index (χ3v) is 3.84. The maximum Gasteiger partial charge on any atom is 0.144 e. The van der Waals surface area contributed by atoms with E-state index in [1.807, 2.05) is 49.1 Å². The lowest BCUT2D eigenvalue weighted by Gasteiger charge is -2.12. The average molecular weight is 326 g/mol. The highest BCUT2D eigenvalue weighted by atomic mass is 16.5. The third kappa shape index (κ3) is 3.05. The molecule has 0 radical (unpaired) electrons. The first-order valence-corrected chi connectivity index (χ1v) is 8.05. The fraction of sp³-hybridized carbons (Fsp3) is 0.333. The Hall–Kier alpha value is -2.60. The number of rotatable bonds is 6. The van der Waals surface area contributed by atoms with Gasteiger partial charge in [-0.2, -0.15) is 5.10 Å². The molecule has 0 bridgehead atoms. The minimum atomic E-state index is -0.0699. The van der Waals surface area contributed by atoms with E-state index in [1.165, 1.54) is 0 Å². The number of benzene rings is 1. The molecule has 3 rings (SSSR count). The monoisotopic (exact) mass is 326 g/mol. The fourth-order valence-corrected chi connectivity index (χ4v) is 2.73. The van der Waals surface area contributed by atoms with E-state index in [-0.39, 0.29) is 6.61 Å². The molecule has 0 aliphatic carbocycles. The van der Waals surface area contributed by atoms with Gasteiger partial charge in [0.2, 0.25) is 0 Å². The molecule has 0 aliphatic rings. The van der Waals surface area contributed by atoms with Crippen LogP contribution in [-0.2, 0) is 13.7 Å². The van der Waals surface area contributed by atoms with Crippen molar-refractivity contribution in [2.45, 2.75) is 26.9 Å². The molecule has 0 aliphatic heterocycles. The molecule has 6 heteroatoms.